The molecule has 3 heteroatoms. The van der Waals surface area contributed by atoms with Gasteiger partial charge in [-0.05, 0) is 64.3 Å². The maximum atomic E-state index is 11.0. The monoisotopic (exact) mass is 286 g/mol. The molecule has 1 aliphatic heterocycles. The first-order valence-electron chi connectivity index (χ1n) is 7.19. The number of benzene rings is 1. The lowest BCUT2D eigenvalue weighted by molar-refractivity contribution is 0.111. The van der Waals surface area contributed by atoms with Crippen molar-refractivity contribution < 1.29 is 14.6 Å². The van der Waals surface area contributed by atoms with E-state index in [0.717, 1.165) is 18.4 Å². The molecule has 1 aliphatic rings. The van der Waals surface area contributed by atoms with E-state index in [4.69, 9.17) is 4.74 Å². The van der Waals surface area contributed by atoms with Crippen molar-refractivity contribution in [3.05, 3.63) is 40.5 Å². The number of allylic oxidation sites excluding steroid dienone is 2. The van der Waals surface area contributed by atoms with E-state index in [1.54, 1.807) is 6.92 Å². The predicted octanol–water partition coefficient (Wildman–Crippen LogP) is 4.42. The molecule has 112 valence electrons. The summed E-state index contributed by atoms with van der Waals surface area (Å²) in [5.41, 5.74) is 2.55. The van der Waals surface area contributed by atoms with Gasteiger partial charge in [0, 0.05) is 0 Å². The fourth-order valence-electron chi connectivity index (χ4n) is 2.52. The molecule has 2 rings (SSSR count). The normalized spacial score (nSPS) is 19.6. The third-order valence-corrected chi connectivity index (χ3v) is 3.80. The van der Waals surface area contributed by atoms with Gasteiger partial charge in [-0.1, -0.05) is 11.6 Å². The maximum Gasteiger partial charge on any atom is 0.154 e. The first-order valence-corrected chi connectivity index (χ1v) is 7.19. The maximum absolute atomic E-state index is 11.0. The molecule has 1 atom stereocenters. The van der Waals surface area contributed by atoms with Crippen molar-refractivity contribution in [3.63, 3.8) is 0 Å². The van der Waals surface area contributed by atoms with Gasteiger partial charge in [-0.15, -0.1) is 0 Å². The first kappa shape index (κ1) is 15.4. The van der Waals surface area contributed by atoms with Gasteiger partial charge >= 0.3 is 0 Å². The molecular weight excluding hydrogens is 264 g/mol. The summed E-state index contributed by atoms with van der Waals surface area (Å²) in [6, 6.07) is 1.82. The number of aromatic hydroxyl groups is 1. The minimum atomic E-state index is -0.388. The topological polar surface area (TPSA) is 46.5 Å². The number of hydrogen-bond acceptors (Lipinski definition) is 3. The Hall–Kier alpha value is -2.03. The van der Waals surface area contributed by atoms with Crippen molar-refractivity contribution in [2.24, 2.45) is 0 Å². The Labute approximate surface area is 125 Å². The lowest BCUT2D eigenvalue weighted by atomic mass is 9.93. The summed E-state index contributed by atoms with van der Waals surface area (Å²) in [6.07, 6.45) is 8.48. The van der Waals surface area contributed by atoms with Crippen LogP contribution in [-0.4, -0.2) is 17.0 Å². The summed E-state index contributed by atoms with van der Waals surface area (Å²) in [5.74, 6) is 0.639. The number of carbonyl (C=O) groups is 1. The Morgan fingerprint density at radius 1 is 1.43 bits per heavy atom. The van der Waals surface area contributed by atoms with Crippen LogP contribution in [0.15, 0.2) is 23.8 Å². The molecule has 0 spiro atoms. The average molecular weight is 286 g/mol. The van der Waals surface area contributed by atoms with Gasteiger partial charge in [0.1, 0.15) is 17.1 Å². The molecule has 0 fully saturated rings. The van der Waals surface area contributed by atoms with E-state index in [-0.39, 0.29) is 11.4 Å². The molecule has 21 heavy (non-hydrogen) atoms. The van der Waals surface area contributed by atoms with Crippen LogP contribution in [-0.2, 0) is 0 Å². The molecule has 1 heterocycles. The third-order valence-electron chi connectivity index (χ3n) is 3.80. The van der Waals surface area contributed by atoms with E-state index in [1.807, 2.05) is 25.1 Å². The van der Waals surface area contributed by atoms with Gasteiger partial charge in [0.15, 0.2) is 6.29 Å². The molecule has 0 amide bonds. The van der Waals surface area contributed by atoms with Crippen LogP contribution < -0.4 is 4.74 Å². The second-order valence-corrected chi connectivity index (χ2v) is 6.05. The SMILES string of the molecule is CC(C)=CCC[C@@]1(C)C=Cc2c(cc(C)c(C=O)c2O)O1. The number of phenolic OH excluding ortho intramolecular Hbond substituents is 1. The number of carbonyl (C=O) groups excluding carboxylic acids is 1. The van der Waals surface area contributed by atoms with Crippen LogP contribution in [0.5, 0.6) is 11.5 Å². The minimum absolute atomic E-state index is 0.00241. The highest BCUT2D eigenvalue weighted by molar-refractivity contribution is 5.86. The summed E-state index contributed by atoms with van der Waals surface area (Å²) in [7, 11) is 0. The largest absolute Gasteiger partial charge is 0.506 e. The van der Waals surface area contributed by atoms with Gasteiger partial charge in [-0.2, -0.15) is 0 Å². The van der Waals surface area contributed by atoms with E-state index in [9.17, 15) is 9.90 Å². The van der Waals surface area contributed by atoms with Crippen molar-refractivity contribution >= 4 is 12.4 Å². The number of aryl methyl sites for hydroxylation is 1. The van der Waals surface area contributed by atoms with Gasteiger partial charge < -0.3 is 9.84 Å². The van der Waals surface area contributed by atoms with E-state index < -0.39 is 0 Å². The minimum Gasteiger partial charge on any atom is -0.506 e. The fourth-order valence-corrected chi connectivity index (χ4v) is 2.52. The van der Waals surface area contributed by atoms with E-state index in [2.05, 4.69) is 19.9 Å². The zero-order valence-corrected chi connectivity index (χ0v) is 13.1. The lowest BCUT2D eigenvalue weighted by Crippen LogP contribution is -2.31. The van der Waals surface area contributed by atoms with Gasteiger partial charge in [0.25, 0.3) is 0 Å². The summed E-state index contributed by atoms with van der Waals surface area (Å²) >= 11 is 0. The number of phenols is 1. The molecule has 0 bridgehead atoms. The van der Waals surface area contributed by atoms with Crippen LogP contribution in [0.4, 0.5) is 0 Å². The van der Waals surface area contributed by atoms with Gasteiger partial charge in [-0.25, -0.2) is 0 Å². The van der Waals surface area contributed by atoms with Gasteiger partial charge in [0.2, 0.25) is 0 Å². The summed E-state index contributed by atoms with van der Waals surface area (Å²) < 4.78 is 6.07. The number of aldehydes is 1. The predicted molar refractivity (Wildman–Crippen MR) is 85.0 cm³/mol. The highest BCUT2D eigenvalue weighted by Crippen LogP contribution is 2.40. The molecule has 0 saturated heterocycles. The number of fused-ring (bicyclic) bond motifs is 1. The molecular formula is C18H22O3. The molecule has 0 unspecified atom stereocenters. The smallest absolute Gasteiger partial charge is 0.154 e. The van der Waals surface area contributed by atoms with Crippen molar-refractivity contribution in [3.8, 4) is 11.5 Å². The quantitative estimate of drug-likeness (QED) is 0.658. The van der Waals surface area contributed by atoms with Crippen LogP contribution in [0.25, 0.3) is 6.08 Å². The van der Waals surface area contributed by atoms with Crippen LogP contribution in [0.2, 0.25) is 0 Å². The molecule has 0 aromatic heterocycles. The Morgan fingerprint density at radius 2 is 2.14 bits per heavy atom. The highest BCUT2D eigenvalue weighted by Gasteiger charge is 2.29. The summed E-state index contributed by atoms with van der Waals surface area (Å²) in [6.45, 7) is 7.99. The zero-order chi connectivity index (χ0) is 15.6. The fraction of sp³-hybridized carbons (Fsp3) is 0.389. The van der Waals surface area contributed by atoms with Gasteiger partial charge in [0.05, 0.1) is 11.1 Å². The van der Waals surface area contributed by atoms with Crippen molar-refractivity contribution in [1.82, 2.24) is 0 Å². The summed E-state index contributed by atoms with van der Waals surface area (Å²) in [4.78, 5) is 11.0. The third kappa shape index (κ3) is 3.18. The summed E-state index contributed by atoms with van der Waals surface area (Å²) in [5, 5.41) is 10.2. The Kier molecular flexibility index (Phi) is 4.21. The molecule has 1 N–H and O–H groups in total. The number of ether oxygens (including phenoxy) is 1. The van der Waals surface area contributed by atoms with Crippen molar-refractivity contribution in [2.75, 3.05) is 0 Å². The Balaban J connectivity index is 2.30. The van der Waals surface area contributed by atoms with Crippen molar-refractivity contribution in [2.45, 2.75) is 46.1 Å². The molecule has 0 saturated carbocycles. The first-order chi connectivity index (χ1) is 9.86. The van der Waals surface area contributed by atoms with E-state index in [0.29, 0.717) is 23.2 Å². The van der Waals surface area contributed by atoms with Crippen molar-refractivity contribution in [1.29, 1.82) is 0 Å². The second-order valence-electron chi connectivity index (χ2n) is 6.05. The van der Waals surface area contributed by atoms with Crippen LogP contribution in [0.3, 0.4) is 0 Å². The van der Waals surface area contributed by atoms with E-state index in [1.165, 1.54) is 5.57 Å². The van der Waals surface area contributed by atoms with Crippen LogP contribution in [0, 0.1) is 6.92 Å². The molecule has 0 aliphatic carbocycles. The molecule has 3 nitrogen and oxygen atoms in total. The zero-order valence-electron chi connectivity index (χ0n) is 13.1. The van der Waals surface area contributed by atoms with Gasteiger partial charge in [-0.3, -0.25) is 4.79 Å². The molecule has 0 radical (unpaired) electrons. The highest BCUT2D eigenvalue weighted by atomic mass is 16.5. The number of hydrogen-bond donors (Lipinski definition) is 1. The standard InChI is InChI=1S/C18H22O3/c1-12(2)6-5-8-18(4)9-7-14-16(21-18)10-13(3)15(11-19)17(14)20/h6-7,9-11,20H,5,8H2,1-4H3/t18-/m0/s1. The van der Waals surface area contributed by atoms with Crippen LogP contribution in [0.1, 0.15) is 55.1 Å². The van der Waals surface area contributed by atoms with E-state index >= 15 is 0 Å². The molecule has 1 aromatic carbocycles. The average Bonchev–Trinajstić information content (AvgIpc) is 2.37. The molecule has 1 aromatic rings. The van der Waals surface area contributed by atoms with Crippen LogP contribution >= 0.6 is 0 Å². The second kappa shape index (κ2) is 5.76. The number of rotatable bonds is 4. The Bertz CT molecular complexity index is 622. The lowest BCUT2D eigenvalue weighted by Gasteiger charge is -2.32. The Morgan fingerprint density at radius 3 is 2.76 bits per heavy atom.